The van der Waals surface area contributed by atoms with Crippen LogP contribution in [0.1, 0.15) is 23.6 Å². The molecule has 1 aromatic rings. The Morgan fingerprint density at radius 1 is 1.58 bits per heavy atom. The van der Waals surface area contributed by atoms with Crippen molar-refractivity contribution in [3.05, 3.63) is 29.6 Å². The highest BCUT2D eigenvalue weighted by atomic mass is 35.5. The summed E-state index contributed by atoms with van der Waals surface area (Å²) in [6, 6.07) is 3.90. The molecule has 1 unspecified atom stereocenters. The summed E-state index contributed by atoms with van der Waals surface area (Å²) in [5, 5.41) is -0.0263. The lowest BCUT2D eigenvalue weighted by Gasteiger charge is -2.03. The quantitative estimate of drug-likeness (QED) is 0.676. The van der Waals surface area contributed by atoms with E-state index in [0.29, 0.717) is 6.61 Å². The van der Waals surface area contributed by atoms with E-state index in [4.69, 9.17) is 16.3 Å². The highest BCUT2D eigenvalue weighted by Crippen LogP contribution is 2.16. The van der Waals surface area contributed by atoms with Gasteiger partial charge >= 0.3 is 0 Å². The summed E-state index contributed by atoms with van der Waals surface area (Å²) >= 11 is 5.84. The molecule has 0 radical (unpaired) electrons. The molecule has 1 atom stereocenters. The third kappa shape index (κ3) is 2.47. The van der Waals surface area contributed by atoms with Crippen molar-refractivity contribution < 1.29 is 4.74 Å². The van der Waals surface area contributed by atoms with Crippen LogP contribution in [0.4, 0.5) is 0 Å². The van der Waals surface area contributed by atoms with E-state index >= 15 is 0 Å². The molecule has 0 N–H and O–H groups in total. The van der Waals surface area contributed by atoms with Gasteiger partial charge < -0.3 is 4.74 Å². The monoisotopic (exact) mass is 185 g/mol. The number of hydrogen-bond donors (Lipinski definition) is 0. The minimum absolute atomic E-state index is 0.0263. The third-order valence-electron chi connectivity index (χ3n) is 1.57. The Morgan fingerprint density at radius 2 is 2.33 bits per heavy atom. The molecule has 0 aromatic carbocycles. The molecular formula is C9H12ClNO. The number of methoxy groups -OCH3 is 1. The molecule has 1 heterocycles. The second-order valence-corrected chi connectivity index (χ2v) is 3.29. The first-order valence-corrected chi connectivity index (χ1v) is 4.25. The van der Waals surface area contributed by atoms with Gasteiger partial charge in [0.25, 0.3) is 0 Å². The van der Waals surface area contributed by atoms with Crippen molar-refractivity contribution in [3.63, 3.8) is 0 Å². The van der Waals surface area contributed by atoms with E-state index in [2.05, 4.69) is 4.98 Å². The molecule has 12 heavy (non-hydrogen) atoms. The molecule has 1 rings (SSSR count). The second kappa shape index (κ2) is 4.43. The highest BCUT2D eigenvalue weighted by Gasteiger charge is 2.01. The van der Waals surface area contributed by atoms with Crippen LogP contribution < -0.4 is 0 Å². The smallest absolute Gasteiger partial charge is 0.0729 e. The lowest BCUT2D eigenvalue weighted by Crippen LogP contribution is -1.93. The van der Waals surface area contributed by atoms with E-state index in [-0.39, 0.29) is 5.38 Å². The van der Waals surface area contributed by atoms with Crippen LogP contribution >= 0.6 is 11.6 Å². The van der Waals surface area contributed by atoms with Gasteiger partial charge in [-0.2, -0.15) is 0 Å². The molecule has 0 aliphatic heterocycles. The Morgan fingerprint density at radius 3 is 2.75 bits per heavy atom. The summed E-state index contributed by atoms with van der Waals surface area (Å²) < 4.78 is 4.96. The maximum absolute atomic E-state index is 5.84. The molecule has 0 aliphatic carbocycles. The lowest BCUT2D eigenvalue weighted by molar-refractivity contribution is 0.184. The largest absolute Gasteiger partial charge is 0.380 e. The number of aromatic nitrogens is 1. The van der Waals surface area contributed by atoms with Gasteiger partial charge in [0, 0.05) is 13.3 Å². The molecule has 1 aromatic heterocycles. The van der Waals surface area contributed by atoms with E-state index in [1.54, 1.807) is 13.3 Å². The summed E-state index contributed by atoms with van der Waals surface area (Å²) in [7, 11) is 1.66. The van der Waals surface area contributed by atoms with Crippen LogP contribution in [0.2, 0.25) is 0 Å². The summed E-state index contributed by atoms with van der Waals surface area (Å²) in [5.74, 6) is 0. The lowest BCUT2D eigenvalue weighted by atomic mass is 10.2. The molecule has 0 saturated carbocycles. The van der Waals surface area contributed by atoms with Crippen molar-refractivity contribution in [1.29, 1.82) is 0 Å². The molecule has 66 valence electrons. The van der Waals surface area contributed by atoms with E-state index in [9.17, 15) is 0 Å². The zero-order valence-corrected chi connectivity index (χ0v) is 8.01. The normalized spacial score (nSPS) is 12.9. The number of alkyl halides is 1. The van der Waals surface area contributed by atoms with E-state index < -0.39 is 0 Å². The van der Waals surface area contributed by atoms with Crippen LogP contribution in [0.25, 0.3) is 0 Å². The van der Waals surface area contributed by atoms with Gasteiger partial charge in [-0.1, -0.05) is 6.07 Å². The number of rotatable bonds is 3. The fourth-order valence-electron chi connectivity index (χ4n) is 0.923. The first kappa shape index (κ1) is 9.49. The average molecular weight is 186 g/mol. The first-order valence-electron chi connectivity index (χ1n) is 3.82. The molecule has 0 fully saturated rings. The van der Waals surface area contributed by atoms with Crippen LogP contribution in [0.5, 0.6) is 0 Å². The van der Waals surface area contributed by atoms with E-state index in [1.165, 1.54) is 0 Å². The van der Waals surface area contributed by atoms with Crippen molar-refractivity contribution >= 4 is 11.6 Å². The minimum atomic E-state index is -0.0263. The Bertz CT molecular complexity index is 233. The minimum Gasteiger partial charge on any atom is -0.380 e. The highest BCUT2D eigenvalue weighted by molar-refractivity contribution is 6.20. The van der Waals surface area contributed by atoms with Crippen molar-refractivity contribution in [2.24, 2.45) is 0 Å². The summed E-state index contributed by atoms with van der Waals surface area (Å²) in [6.07, 6.45) is 1.79. The maximum Gasteiger partial charge on any atom is 0.0729 e. The molecule has 0 amide bonds. The summed E-state index contributed by atoms with van der Waals surface area (Å²) in [6.45, 7) is 2.50. The standard InChI is InChI=1S/C9H12ClNO/c1-7(10)9-4-3-8(5-11-9)6-12-2/h3-5,7H,6H2,1-2H3. The van der Waals surface area contributed by atoms with Gasteiger partial charge in [0.05, 0.1) is 17.7 Å². The molecule has 3 heteroatoms. The van der Waals surface area contributed by atoms with Crippen molar-refractivity contribution in [3.8, 4) is 0 Å². The van der Waals surface area contributed by atoms with Gasteiger partial charge in [0.15, 0.2) is 0 Å². The van der Waals surface area contributed by atoms with Crippen LogP contribution in [-0.4, -0.2) is 12.1 Å². The van der Waals surface area contributed by atoms with Gasteiger partial charge in [-0.25, -0.2) is 0 Å². The Hall–Kier alpha value is -0.600. The molecule has 0 bridgehead atoms. The van der Waals surface area contributed by atoms with Gasteiger partial charge in [-0.3, -0.25) is 4.98 Å². The van der Waals surface area contributed by atoms with E-state index in [1.807, 2.05) is 19.1 Å². The Balaban J connectivity index is 2.71. The zero-order chi connectivity index (χ0) is 8.97. The Kier molecular flexibility index (Phi) is 3.50. The Labute approximate surface area is 77.5 Å². The molecule has 0 aliphatic rings. The first-order chi connectivity index (χ1) is 5.74. The maximum atomic E-state index is 5.84. The van der Waals surface area contributed by atoms with Gasteiger partial charge in [0.1, 0.15) is 0 Å². The fraction of sp³-hybridized carbons (Fsp3) is 0.444. The predicted octanol–water partition coefficient (Wildman–Crippen LogP) is 2.53. The van der Waals surface area contributed by atoms with Crippen molar-refractivity contribution in [2.75, 3.05) is 7.11 Å². The second-order valence-electron chi connectivity index (χ2n) is 2.64. The predicted molar refractivity (Wildman–Crippen MR) is 49.2 cm³/mol. The molecule has 0 saturated heterocycles. The zero-order valence-electron chi connectivity index (χ0n) is 7.25. The molecule has 0 spiro atoms. The number of nitrogens with zero attached hydrogens (tertiary/aromatic N) is 1. The van der Waals surface area contributed by atoms with E-state index in [0.717, 1.165) is 11.3 Å². The summed E-state index contributed by atoms with van der Waals surface area (Å²) in [4.78, 5) is 4.18. The molecular weight excluding hydrogens is 174 g/mol. The average Bonchev–Trinajstić information content (AvgIpc) is 2.06. The third-order valence-corrected chi connectivity index (χ3v) is 1.79. The van der Waals surface area contributed by atoms with Gasteiger partial charge in [-0.05, 0) is 18.6 Å². The van der Waals surface area contributed by atoms with Crippen LogP contribution in [0, 0.1) is 0 Å². The number of halogens is 1. The van der Waals surface area contributed by atoms with Crippen molar-refractivity contribution in [1.82, 2.24) is 4.98 Å². The SMILES string of the molecule is COCc1ccc(C(C)Cl)nc1. The summed E-state index contributed by atoms with van der Waals surface area (Å²) in [5.41, 5.74) is 1.97. The van der Waals surface area contributed by atoms with Crippen LogP contribution in [0.3, 0.4) is 0 Å². The number of pyridine rings is 1. The van der Waals surface area contributed by atoms with Crippen LogP contribution in [-0.2, 0) is 11.3 Å². The van der Waals surface area contributed by atoms with Crippen molar-refractivity contribution in [2.45, 2.75) is 18.9 Å². The number of hydrogen-bond acceptors (Lipinski definition) is 2. The van der Waals surface area contributed by atoms with Gasteiger partial charge in [0.2, 0.25) is 0 Å². The number of ether oxygens (including phenoxy) is 1. The fourth-order valence-corrected chi connectivity index (χ4v) is 1.05. The molecule has 2 nitrogen and oxygen atoms in total. The topological polar surface area (TPSA) is 22.1 Å². The van der Waals surface area contributed by atoms with Gasteiger partial charge in [-0.15, -0.1) is 11.6 Å². The van der Waals surface area contributed by atoms with Crippen LogP contribution in [0.15, 0.2) is 18.3 Å².